The van der Waals surface area contributed by atoms with Crippen LogP contribution >= 0.6 is 22.6 Å². The predicted octanol–water partition coefficient (Wildman–Crippen LogP) is 10.3. The van der Waals surface area contributed by atoms with Crippen molar-refractivity contribution in [1.29, 1.82) is 0 Å². The molecule has 0 saturated heterocycles. The smallest absolute Gasteiger partial charge is 0.126 e. The van der Waals surface area contributed by atoms with Gasteiger partial charge in [-0.15, -0.1) is 0 Å². The summed E-state index contributed by atoms with van der Waals surface area (Å²) in [5.74, 6) is -2.54. The first-order chi connectivity index (χ1) is 34.2. The molecule has 8 rings (SSSR count). The van der Waals surface area contributed by atoms with E-state index in [9.17, 15) is 32.9 Å². The summed E-state index contributed by atoms with van der Waals surface area (Å²) >= 11 is 2.22. The van der Waals surface area contributed by atoms with Crippen molar-refractivity contribution in [3.05, 3.63) is 204 Å². The number of anilines is 1. The number of hydrogen-bond donors (Lipinski definition) is 8. The fourth-order valence-corrected chi connectivity index (χ4v) is 10.0. The van der Waals surface area contributed by atoms with Gasteiger partial charge in [-0.2, -0.15) is 0 Å². The first-order valence-electron chi connectivity index (χ1n) is 24.8. The first kappa shape index (κ1) is 55.6. The van der Waals surface area contributed by atoms with Crippen molar-refractivity contribution in [2.75, 3.05) is 18.4 Å². The average molecular weight is 1090 g/mol. The van der Waals surface area contributed by atoms with Crippen LogP contribution < -0.4 is 21.7 Å². The van der Waals surface area contributed by atoms with E-state index < -0.39 is 47.6 Å². The molecule has 6 aromatic carbocycles. The molecule has 0 fully saturated rings. The third-order valence-electron chi connectivity index (χ3n) is 13.3. The Kier molecular flexibility index (Phi) is 21.9. The summed E-state index contributed by atoms with van der Waals surface area (Å²) in [6.07, 6.45) is 7.20. The summed E-state index contributed by atoms with van der Waals surface area (Å²) in [4.78, 5) is 0. The maximum absolute atomic E-state index is 13.8. The highest BCUT2D eigenvalue weighted by atomic mass is 127. The van der Waals surface area contributed by atoms with Gasteiger partial charge < -0.3 is 42.1 Å². The van der Waals surface area contributed by atoms with Gasteiger partial charge in [-0.05, 0) is 191 Å². The maximum atomic E-state index is 13.8. The van der Waals surface area contributed by atoms with Crippen molar-refractivity contribution in [2.24, 2.45) is 5.73 Å². The average Bonchev–Trinajstić information content (AvgIpc) is 3.36. The van der Waals surface area contributed by atoms with Crippen molar-refractivity contribution in [3.63, 3.8) is 0 Å². The van der Waals surface area contributed by atoms with Crippen molar-refractivity contribution in [2.45, 2.75) is 128 Å². The number of aryl methyl sites for hydroxylation is 4. The normalized spacial score (nSPS) is 16.7. The van der Waals surface area contributed by atoms with Crippen LogP contribution in [-0.4, -0.2) is 57.8 Å². The minimum Gasteiger partial charge on any atom is -0.392 e. The van der Waals surface area contributed by atoms with Crippen molar-refractivity contribution < 1.29 is 38.0 Å². The largest absolute Gasteiger partial charge is 0.392 e. The monoisotopic (exact) mass is 1090 g/mol. The van der Waals surface area contributed by atoms with Crippen LogP contribution in [0.3, 0.4) is 0 Å². The molecule has 2 aliphatic carbocycles. The molecule has 0 amide bonds. The van der Waals surface area contributed by atoms with Gasteiger partial charge >= 0.3 is 0 Å². The second-order valence-corrected chi connectivity index (χ2v) is 19.9. The second kappa shape index (κ2) is 27.9. The van der Waals surface area contributed by atoms with Gasteiger partial charge in [-0.1, -0.05) is 74.5 Å². The van der Waals surface area contributed by atoms with Crippen LogP contribution in [0.25, 0.3) is 0 Å². The van der Waals surface area contributed by atoms with E-state index in [0.29, 0.717) is 24.2 Å². The van der Waals surface area contributed by atoms with Crippen molar-refractivity contribution in [1.82, 2.24) is 10.6 Å². The second-order valence-electron chi connectivity index (χ2n) is 18.6. The SMILES string of the molecule is CCc1ccc2c(c1)[C@@H](NC[C@@H](O)[C@@H](N)Cc1cc(F)cc(F)c1)CCC2.CCc1ccc2c(c1)[C@@H](NC[C@@H](O)[C@H](Cc1cc(F)cc(F)c1)Nc1cccc(CO)c1)CCC2.OCc1cccc(I)c1. The quantitative estimate of drug-likeness (QED) is 0.0314. The molecule has 0 spiro atoms. The van der Waals surface area contributed by atoms with E-state index in [1.54, 1.807) is 0 Å². The third-order valence-corrected chi connectivity index (χ3v) is 13.9. The van der Waals surface area contributed by atoms with Gasteiger partial charge in [0.1, 0.15) is 23.3 Å². The standard InChI is InChI=1S/C29H34F2N2O2.C22H28F2N2O.C7H7IO/c1-2-19-9-10-22-6-4-8-27(26(22)14-19)32-17-29(35)28(15-21-11-23(30)16-24(31)12-21)33-25-7-3-5-20(13-25)18-34;1-2-14-6-7-16-4-3-5-21(19(16)10-14)26-13-22(27)20(25)11-15-8-17(23)12-18(24)9-15;8-7-3-1-2-6(4-7)5-9/h3,5,7,9-14,16,27-29,32-35H,2,4,6,8,15,17-18H2,1H3;6-10,12,20-22,26-27H,2-5,11,13,25H2,1H3;1-4,9H,5H2/t27-,28-,29+;20-,21-,22+;/m00./s1. The van der Waals surface area contributed by atoms with Crippen LogP contribution in [-0.2, 0) is 51.7 Å². The van der Waals surface area contributed by atoms with E-state index in [1.165, 1.54) is 61.2 Å². The lowest BCUT2D eigenvalue weighted by Crippen LogP contribution is -2.44. The fraction of sp³-hybridized carbons (Fsp3) is 0.379. The molecule has 0 bridgehead atoms. The molecule has 2 aliphatic rings. The van der Waals surface area contributed by atoms with E-state index in [2.05, 4.69) is 88.8 Å². The lowest BCUT2D eigenvalue weighted by molar-refractivity contribution is 0.136. The molecule has 0 radical (unpaired) electrons. The Bertz CT molecular complexity index is 2580. The van der Waals surface area contributed by atoms with E-state index in [1.807, 2.05) is 48.5 Å². The highest BCUT2D eigenvalue weighted by Gasteiger charge is 2.26. The molecule has 8 nitrogen and oxygen atoms in total. The van der Waals surface area contributed by atoms with E-state index in [0.717, 1.165) is 80.3 Å². The van der Waals surface area contributed by atoms with Gasteiger partial charge in [0.2, 0.25) is 0 Å². The maximum Gasteiger partial charge on any atom is 0.126 e. The highest BCUT2D eigenvalue weighted by Crippen LogP contribution is 2.32. The third kappa shape index (κ3) is 17.2. The zero-order valence-corrected chi connectivity index (χ0v) is 42.8. The Labute approximate surface area is 430 Å². The summed E-state index contributed by atoms with van der Waals surface area (Å²) in [7, 11) is 0. The summed E-state index contributed by atoms with van der Waals surface area (Å²) in [6, 6.07) is 34.5. The van der Waals surface area contributed by atoms with Gasteiger partial charge in [0.05, 0.1) is 31.5 Å². The molecule has 0 saturated carbocycles. The van der Waals surface area contributed by atoms with E-state index in [4.69, 9.17) is 10.8 Å². The Balaban J connectivity index is 0.000000202. The molecule has 71 heavy (non-hydrogen) atoms. The molecule has 0 aliphatic heterocycles. The van der Waals surface area contributed by atoms with Crippen LogP contribution in [0.5, 0.6) is 0 Å². The van der Waals surface area contributed by atoms with Crippen LogP contribution in [0.1, 0.15) is 107 Å². The number of aliphatic hydroxyl groups is 4. The molecule has 0 unspecified atom stereocenters. The summed E-state index contributed by atoms with van der Waals surface area (Å²) in [5.41, 5.74) is 17.4. The van der Waals surface area contributed by atoms with E-state index >= 15 is 0 Å². The molecule has 9 N–H and O–H groups in total. The molecule has 0 heterocycles. The van der Waals surface area contributed by atoms with Gasteiger partial charge in [0, 0.05) is 52.6 Å². The number of benzene rings is 6. The zero-order chi connectivity index (χ0) is 50.9. The Morgan fingerprint density at radius 1 is 0.563 bits per heavy atom. The fourth-order valence-electron chi connectivity index (χ4n) is 9.39. The number of nitrogens with one attached hydrogen (secondary N) is 3. The Morgan fingerprint density at radius 2 is 1.04 bits per heavy atom. The first-order valence-corrected chi connectivity index (χ1v) is 25.8. The Morgan fingerprint density at radius 3 is 1.52 bits per heavy atom. The number of hydrogen-bond acceptors (Lipinski definition) is 8. The van der Waals surface area contributed by atoms with Gasteiger partial charge in [0.15, 0.2) is 0 Å². The summed E-state index contributed by atoms with van der Waals surface area (Å²) in [5, 5.41) is 50.1. The molecule has 0 aromatic heterocycles. The molecular weight excluding hydrogens is 1020 g/mol. The number of fused-ring (bicyclic) bond motifs is 2. The van der Waals surface area contributed by atoms with Crippen LogP contribution in [0, 0.1) is 26.8 Å². The predicted molar refractivity (Wildman–Crippen MR) is 284 cm³/mol. The zero-order valence-electron chi connectivity index (χ0n) is 40.7. The minimum atomic E-state index is -0.821. The van der Waals surface area contributed by atoms with Crippen molar-refractivity contribution >= 4 is 28.3 Å². The lowest BCUT2D eigenvalue weighted by atomic mass is 9.86. The summed E-state index contributed by atoms with van der Waals surface area (Å²) < 4.78 is 55.5. The highest BCUT2D eigenvalue weighted by molar-refractivity contribution is 14.1. The summed E-state index contributed by atoms with van der Waals surface area (Å²) in [6.45, 7) is 5.01. The lowest BCUT2D eigenvalue weighted by Gasteiger charge is -2.31. The topological polar surface area (TPSA) is 143 Å². The number of halogens is 5. The molecular formula is C58H69F4IN4O4. The number of aliphatic hydroxyl groups excluding tert-OH is 4. The number of nitrogens with two attached hydrogens (primary N) is 1. The molecule has 13 heteroatoms. The van der Waals surface area contributed by atoms with Crippen LogP contribution in [0.2, 0.25) is 0 Å². The molecule has 6 aromatic rings. The van der Waals surface area contributed by atoms with Crippen LogP contribution in [0.4, 0.5) is 23.2 Å². The Hall–Kier alpha value is -4.71. The van der Waals surface area contributed by atoms with Gasteiger partial charge in [-0.25, -0.2) is 17.6 Å². The van der Waals surface area contributed by atoms with Gasteiger partial charge in [-0.3, -0.25) is 0 Å². The van der Waals surface area contributed by atoms with E-state index in [-0.39, 0.29) is 38.1 Å². The van der Waals surface area contributed by atoms with Crippen LogP contribution in [0.15, 0.2) is 121 Å². The number of rotatable bonds is 18. The molecule has 380 valence electrons. The molecule has 6 atom stereocenters. The van der Waals surface area contributed by atoms with Gasteiger partial charge in [0.25, 0.3) is 0 Å². The van der Waals surface area contributed by atoms with Crippen molar-refractivity contribution in [3.8, 4) is 0 Å². The minimum absolute atomic E-state index is 0.0970.